The van der Waals surface area contributed by atoms with Crippen LogP contribution < -0.4 is 5.32 Å². The van der Waals surface area contributed by atoms with Gasteiger partial charge in [0.15, 0.2) is 5.58 Å². The Morgan fingerprint density at radius 2 is 1.93 bits per heavy atom. The average Bonchev–Trinajstić information content (AvgIpc) is 3.13. The third-order valence-electron chi connectivity index (χ3n) is 4.54. The minimum Gasteiger partial charge on any atom is -0.436 e. The molecule has 0 spiro atoms. The summed E-state index contributed by atoms with van der Waals surface area (Å²) in [6.45, 7) is 4.26. The number of hydrogen-bond acceptors (Lipinski definition) is 4. The molecule has 1 amide bonds. The number of aromatic nitrogens is 2. The molecular weight excluding hydrogens is 409 g/mol. The second kappa shape index (κ2) is 7.85. The van der Waals surface area contributed by atoms with Gasteiger partial charge in [-0.1, -0.05) is 43.1 Å². The molecule has 5 nitrogen and oxygen atoms in total. The topological polar surface area (TPSA) is 68.0 Å². The van der Waals surface area contributed by atoms with Gasteiger partial charge in [-0.3, -0.25) is 4.79 Å². The maximum absolute atomic E-state index is 12.5. The maximum atomic E-state index is 12.5. The average molecular weight is 426 g/mol. The van der Waals surface area contributed by atoms with Gasteiger partial charge in [-0.05, 0) is 53.9 Å². The molecule has 0 atom stereocenters. The Kier molecular flexibility index (Phi) is 5.26. The second-order valence-electron chi connectivity index (χ2n) is 6.89. The minimum atomic E-state index is -0.402. The molecule has 0 unspecified atom stereocenters. The van der Waals surface area contributed by atoms with Gasteiger partial charge in [0, 0.05) is 11.8 Å². The summed E-state index contributed by atoms with van der Waals surface area (Å²) in [5.74, 6) is 0.449. The number of carbonyl (C=O) groups excluding carboxylic acids is 1. The van der Waals surface area contributed by atoms with Gasteiger partial charge in [0.25, 0.3) is 5.91 Å². The van der Waals surface area contributed by atoms with Gasteiger partial charge in [0.05, 0.1) is 16.3 Å². The number of benzene rings is 2. The number of oxazole rings is 1. The molecule has 0 saturated heterocycles. The van der Waals surface area contributed by atoms with Crippen LogP contribution in [-0.2, 0) is 0 Å². The number of amides is 1. The van der Waals surface area contributed by atoms with Crippen molar-refractivity contribution in [2.24, 2.45) is 0 Å². The monoisotopic (exact) mass is 425 g/mol. The van der Waals surface area contributed by atoms with Crippen LogP contribution in [0, 0.1) is 0 Å². The smallest absolute Gasteiger partial charge is 0.258 e. The van der Waals surface area contributed by atoms with Crippen LogP contribution >= 0.6 is 23.2 Å². The lowest BCUT2D eigenvalue weighted by Crippen LogP contribution is -2.13. The van der Waals surface area contributed by atoms with Crippen molar-refractivity contribution < 1.29 is 9.21 Å². The van der Waals surface area contributed by atoms with Crippen molar-refractivity contribution in [3.8, 4) is 11.5 Å². The van der Waals surface area contributed by atoms with Crippen molar-refractivity contribution in [1.29, 1.82) is 0 Å². The summed E-state index contributed by atoms with van der Waals surface area (Å²) in [6.07, 6.45) is 1.52. The lowest BCUT2D eigenvalue weighted by Gasteiger charge is -2.09. The Labute approximate surface area is 177 Å². The number of anilines is 1. The second-order valence-corrected chi connectivity index (χ2v) is 7.66. The Bertz CT molecular complexity index is 1220. The van der Waals surface area contributed by atoms with Crippen LogP contribution in [0.5, 0.6) is 0 Å². The van der Waals surface area contributed by atoms with E-state index in [0.717, 1.165) is 5.52 Å². The van der Waals surface area contributed by atoms with Crippen molar-refractivity contribution >= 4 is 45.9 Å². The number of pyridine rings is 1. The quantitative estimate of drug-likeness (QED) is 0.375. The standard InChI is InChI=1S/C22H17Cl2N3O2/c1-12(2)13-6-8-19-18(10-13)27-22(29-19)14-5-7-16(23)17(11-14)26-21(28)15-4-3-9-25-20(15)24/h3-12H,1-2H3,(H,26,28). The zero-order chi connectivity index (χ0) is 20.5. The molecule has 4 rings (SSSR count). The van der Waals surface area contributed by atoms with Crippen LogP contribution in [0.25, 0.3) is 22.6 Å². The van der Waals surface area contributed by atoms with E-state index in [-0.39, 0.29) is 10.7 Å². The van der Waals surface area contributed by atoms with Crippen LogP contribution in [0.4, 0.5) is 5.69 Å². The number of fused-ring (bicyclic) bond motifs is 1. The summed E-state index contributed by atoms with van der Waals surface area (Å²) < 4.78 is 5.89. The molecule has 2 aromatic carbocycles. The minimum absolute atomic E-state index is 0.122. The van der Waals surface area contributed by atoms with Crippen molar-refractivity contribution in [2.75, 3.05) is 5.32 Å². The van der Waals surface area contributed by atoms with E-state index in [1.807, 2.05) is 18.2 Å². The first-order chi connectivity index (χ1) is 13.9. The molecule has 0 aliphatic carbocycles. The lowest BCUT2D eigenvalue weighted by atomic mass is 10.0. The summed E-state index contributed by atoms with van der Waals surface area (Å²) in [6, 6.07) is 14.4. The molecule has 0 fully saturated rings. The third kappa shape index (κ3) is 3.97. The maximum Gasteiger partial charge on any atom is 0.258 e. The van der Waals surface area contributed by atoms with E-state index in [9.17, 15) is 4.79 Å². The predicted molar refractivity (Wildman–Crippen MR) is 116 cm³/mol. The number of hydrogen-bond donors (Lipinski definition) is 1. The van der Waals surface area contributed by atoms with Gasteiger partial charge < -0.3 is 9.73 Å². The van der Waals surface area contributed by atoms with Crippen LogP contribution in [0.2, 0.25) is 10.2 Å². The fourth-order valence-corrected chi connectivity index (χ4v) is 3.30. The van der Waals surface area contributed by atoms with Crippen LogP contribution in [0.3, 0.4) is 0 Å². The van der Waals surface area contributed by atoms with E-state index in [2.05, 4.69) is 29.1 Å². The molecule has 7 heteroatoms. The highest BCUT2D eigenvalue weighted by molar-refractivity contribution is 6.35. The number of rotatable bonds is 4. The molecule has 0 saturated carbocycles. The zero-order valence-corrected chi connectivity index (χ0v) is 17.3. The normalized spacial score (nSPS) is 11.2. The van der Waals surface area contributed by atoms with Gasteiger partial charge >= 0.3 is 0 Å². The fraction of sp³-hybridized carbons (Fsp3) is 0.136. The molecule has 0 radical (unpaired) electrons. The van der Waals surface area contributed by atoms with Gasteiger partial charge in [0.2, 0.25) is 5.89 Å². The third-order valence-corrected chi connectivity index (χ3v) is 5.17. The van der Waals surface area contributed by atoms with Gasteiger partial charge in [0.1, 0.15) is 10.7 Å². The van der Waals surface area contributed by atoms with E-state index < -0.39 is 5.91 Å². The van der Waals surface area contributed by atoms with E-state index in [0.29, 0.717) is 33.7 Å². The Morgan fingerprint density at radius 3 is 2.69 bits per heavy atom. The number of carbonyl (C=O) groups is 1. The fourth-order valence-electron chi connectivity index (χ4n) is 2.93. The van der Waals surface area contributed by atoms with Crippen LogP contribution in [0.15, 0.2) is 59.1 Å². The molecule has 0 aliphatic rings. The first-order valence-electron chi connectivity index (χ1n) is 9.04. The number of nitrogens with zero attached hydrogens (tertiary/aromatic N) is 2. The van der Waals surface area contributed by atoms with Gasteiger partial charge in [-0.15, -0.1) is 0 Å². The molecular formula is C22H17Cl2N3O2. The van der Waals surface area contributed by atoms with Crippen molar-refractivity contribution in [1.82, 2.24) is 9.97 Å². The van der Waals surface area contributed by atoms with Gasteiger partial charge in [-0.2, -0.15) is 0 Å². The van der Waals surface area contributed by atoms with Crippen molar-refractivity contribution in [2.45, 2.75) is 19.8 Å². The molecule has 0 aliphatic heterocycles. The molecule has 2 aromatic heterocycles. The zero-order valence-electron chi connectivity index (χ0n) is 15.7. The van der Waals surface area contributed by atoms with Crippen molar-refractivity contribution in [3.63, 3.8) is 0 Å². The first kappa shape index (κ1) is 19.4. The van der Waals surface area contributed by atoms with E-state index in [1.165, 1.54) is 11.8 Å². The Hall–Kier alpha value is -2.89. The Morgan fingerprint density at radius 1 is 1.10 bits per heavy atom. The summed E-state index contributed by atoms with van der Waals surface area (Å²) in [4.78, 5) is 21.1. The molecule has 2 heterocycles. The highest BCUT2D eigenvalue weighted by atomic mass is 35.5. The highest BCUT2D eigenvalue weighted by Crippen LogP contribution is 2.32. The first-order valence-corrected chi connectivity index (χ1v) is 9.80. The Balaban J connectivity index is 1.67. The van der Waals surface area contributed by atoms with E-state index in [1.54, 1.807) is 30.3 Å². The number of halogens is 2. The summed E-state index contributed by atoms with van der Waals surface area (Å²) in [5.41, 5.74) is 4.07. The summed E-state index contributed by atoms with van der Waals surface area (Å²) in [7, 11) is 0. The molecule has 1 N–H and O–H groups in total. The SMILES string of the molecule is CC(C)c1ccc2oc(-c3ccc(Cl)c(NC(=O)c4cccnc4Cl)c3)nc2c1. The molecule has 4 aromatic rings. The summed E-state index contributed by atoms with van der Waals surface area (Å²) in [5, 5.41) is 3.28. The van der Waals surface area contributed by atoms with E-state index >= 15 is 0 Å². The van der Waals surface area contributed by atoms with Crippen LogP contribution in [0.1, 0.15) is 35.7 Å². The van der Waals surface area contributed by atoms with E-state index in [4.69, 9.17) is 27.6 Å². The van der Waals surface area contributed by atoms with Crippen LogP contribution in [-0.4, -0.2) is 15.9 Å². The highest BCUT2D eigenvalue weighted by Gasteiger charge is 2.15. The van der Waals surface area contributed by atoms with Gasteiger partial charge in [-0.25, -0.2) is 9.97 Å². The molecule has 146 valence electrons. The molecule has 0 bridgehead atoms. The lowest BCUT2D eigenvalue weighted by molar-refractivity contribution is 0.102. The largest absolute Gasteiger partial charge is 0.436 e. The molecule has 29 heavy (non-hydrogen) atoms. The predicted octanol–water partition coefficient (Wildman–Crippen LogP) is 6.57. The summed E-state index contributed by atoms with van der Waals surface area (Å²) >= 11 is 12.3. The van der Waals surface area contributed by atoms with Crippen molar-refractivity contribution in [3.05, 3.63) is 76.0 Å². The number of nitrogens with one attached hydrogen (secondary N) is 1.